The molecule has 1 amide bonds. The first-order valence-corrected chi connectivity index (χ1v) is 3.77. The monoisotopic (exact) mass is 142 g/mol. The van der Waals surface area contributed by atoms with Crippen molar-refractivity contribution in [1.82, 2.24) is 10.6 Å². The molecule has 0 aromatic carbocycles. The van der Waals surface area contributed by atoms with Gasteiger partial charge in [0.2, 0.25) is 5.91 Å². The number of nitrogens with one attached hydrogen (secondary N) is 2. The van der Waals surface area contributed by atoms with Gasteiger partial charge in [0.25, 0.3) is 0 Å². The van der Waals surface area contributed by atoms with Gasteiger partial charge in [-0.3, -0.25) is 4.79 Å². The van der Waals surface area contributed by atoms with Crippen LogP contribution in [0.5, 0.6) is 0 Å². The zero-order valence-corrected chi connectivity index (χ0v) is 6.31. The Kier molecular flexibility index (Phi) is 2.68. The molecule has 1 fully saturated rings. The molecular formula is C7H14N2O. The molecule has 1 saturated heterocycles. The number of carbonyl (C=O) groups is 1. The first-order valence-electron chi connectivity index (χ1n) is 3.77. The Balaban J connectivity index is 2.07. The molecule has 10 heavy (non-hydrogen) atoms. The van der Waals surface area contributed by atoms with Gasteiger partial charge in [-0.25, -0.2) is 0 Å². The molecule has 0 aromatic rings. The maximum absolute atomic E-state index is 10.5. The quantitative estimate of drug-likeness (QED) is 0.564. The van der Waals surface area contributed by atoms with Gasteiger partial charge in [-0.1, -0.05) is 0 Å². The Hall–Kier alpha value is -0.570. The predicted molar refractivity (Wildman–Crippen MR) is 39.7 cm³/mol. The highest BCUT2D eigenvalue weighted by atomic mass is 16.1. The van der Waals surface area contributed by atoms with Crippen molar-refractivity contribution >= 4 is 5.91 Å². The van der Waals surface area contributed by atoms with Crippen LogP contribution in [0.2, 0.25) is 0 Å². The van der Waals surface area contributed by atoms with E-state index in [9.17, 15) is 4.79 Å². The van der Waals surface area contributed by atoms with Gasteiger partial charge in [0.05, 0.1) is 0 Å². The van der Waals surface area contributed by atoms with Crippen molar-refractivity contribution in [2.75, 3.05) is 13.1 Å². The van der Waals surface area contributed by atoms with Gasteiger partial charge in [0.1, 0.15) is 0 Å². The van der Waals surface area contributed by atoms with E-state index in [1.807, 2.05) is 0 Å². The molecule has 0 saturated carbocycles. The molecule has 0 aromatic heterocycles. The third-order valence-electron chi connectivity index (χ3n) is 1.76. The smallest absolute Gasteiger partial charge is 0.216 e. The molecular weight excluding hydrogens is 128 g/mol. The topological polar surface area (TPSA) is 41.1 Å². The molecule has 0 spiro atoms. The molecule has 0 radical (unpaired) electrons. The lowest BCUT2D eigenvalue weighted by atomic mass is 10.2. The second kappa shape index (κ2) is 3.56. The Labute approximate surface area is 61.2 Å². The second-order valence-electron chi connectivity index (χ2n) is 2.73. The van der Waals surface area contributed by atoms with Crippen LogP contribution in [0.4, 0.5) is 0 Å². The minimum absolute atomic E-state index is 0.0636. The number of carbonyl (C=O) groups excluding carboxylic acids is 1. The number of hydrogen-bond acceptors (Lipinski definition) is 2. The van der Waals surface area contributed by atoms with Crippen molar-refractivity contribution in [1.29, 1.82) is 0 Å². The first kappa shape index (κ1) is 7.54. The maximum atomic E-state index is 10.5. The molecule has 1 aliphatic rings. The number of hydrogen-bond donors (Lipinski definition) is 2. The summed E-state index contributed by atoms with van der Waals surface area (Å²) in [4.78, 5) is 10.5. The van der Waals surface area contributed by atoms with Crippen LogP contribution >= 0.6 is 0 Å². The zero-order valence-electron chi connectivity index (χ0n) is 6.31. The van der Waals surface area contributed by atoms with Crippen molar-refractivity contribution in [2.24, 2.45) is 0 Å². The third-order valence-corrected chi connectivity index (χ3v) is 1.76. The van der Waals surface area contributed by atoms with Gasteiger partial charge in [-0.05, 0) is 19.4 Å². The van der Waals surface area contributed by atoms with Gasteiger partial charge >= 0.3 is 0 Å². The Morgan fingerprint density at radius 1 is 1.80 bits per heavy atom. The summed E-state index contributed by atoms with van der Waals surface area (Å²) in [6.45, 7) is 3.44. The van der Waals surface area contributed by atoms with E-state index in [1.165, 1.54) is 12.8 Å². The van der Waals surface area contributed by atoms with E-state index >= 15 is 0 Å². The fourth-order valence-electron chi connectivity index (χ4n) is 1.20. The standard InChI is InChI=1S/C7H14N2O/c1-6(10)9-5-7-3-2-4-8-7/h7-8H,2-5H2,1H3,(H,9,10). The van der Waals surface area contributed by atoms with Crippen LogP contribution in [0.15, 0.2) is 0 Å². The summed E-state index contributed by atoms with van der Waals surface area (Å²) < 4.78 is 0. The van der Waals surface area contributed by atoms with Gasteiger partial charge in [-0.15, -0.1) is 0 Å². The summed E-state index contributed by atoms with van der Waals surface area (Å²) in [6, 6.07) is 0.517. The van der Waals surface area contributed by atoms with Gasteiger partial charge in [-0.2, -0.15) is 0 Å². The molecule has 1 heterocycles. The molecule has 2 N–H and O–H groups in total. The number of rotatable bonds is 2. The van der Waals surface area contributed by atoms with E-state index in [0.29, 0.717) is 6.04 Å². The Morgan fingerprint density at radius 3 is 3.10 bits per heavy atom. The highest BCUT2D eigenvalue weighted by Gasteiger charge is 2.12. The highest BCUT2D eigenvalue weighted by Crippen LogP contribution is 2.02. The lowest BCUT2D eigenvalue weighted by Gasteiger charge is -2.09. The molecule has 1 rings (SSSR count). The fourth-order valence-corrected chi connectivity index (χ4v) is 1.20. The van der Waals surface area contributed by atoms with Crippen molar-refractivity contribution in [3.8, 4) is 0 Å². The average Bonchev–Trinajstić information content (AvgIpc) is 2.34. The summed E-state index contributed by atoms with van der Waals surface area (Å²) in [6.07, 6.45) is 2.44. The van der Waals surface area contributed by atoms with Crippen LogP contribution in [-0.2, 0) is 4.79 Å². The normalized spacial score (nSPS) is 24.7. The third kappa shape index (κ3) is 2.35. The van der Waals surface area contributed by atoms with E-state index < -0.39 is 0 Å². The van der Waals surface area contributed by atoms with Gasteiger partial charge in [0, 0.05) is 19.5 Å². The molecule has 3 heteroatoms. The molecule has 0 aliphatic carbocycles. The highest BCUT2D eigenvalue weighted by molar-refractivity contribution is 5.72. The van der Waals surface area contributed by atoms with Crippen LogP contribution in [0.1, 0.15) is 19.8 Å². The van der Waals surface area contributed by atoms with E-state index in [4.69, 9.17) is 0 Å². The van der Waals surface area contributed by atoms with Gasteiger partial charge in [0.15, 0.2) is 0 Å². The molecule has 0 bridgehead atoms. The van der Waals surface area contributed by atoms with Crippen molar-refractivity contribution in [3.63, 3.8) is 0 Å². The first-order chi connectivity index (χ1) is 4.79. The lowest BCUT2D eigenvalue weighted by molar-refractivity contribution is -0.119. The molecule has 58 valence electrons. The summed E-state index contributed by atoms with van der Waals surface area (Å²) in [5.74, 6) is 0.0636. The van der Waals surface area contributed by atoms with Crippen LogP contribution < -0.4 is 10.6 Å². The maximum Gasteiger partial charge on any atom is 0.216 e. The summed E-state index contributed by atoms with van der Waals surface area (Å²) >= 11 is 0. The predicted octanol–water partition coefficient (Wildman–Crippen LogP) is -0.126. The van der Waals surface area contributed by atoms with E-state index in [1.54, 1.807) is 6.92 Å². The molecule has 1 aliphatic heterocycles. The average molecular weight is 142 g/mol. The molecule has 1 atom stereocenters. The minimum Gasteiger partial charge on any atom is -0.355 e. The fraction of sp³-hybridized carbons (Fsp3) is 0.857. The van der Waals surface area contributed by atoms with E-state index in [-0.39, 0.29) is 5.91 Å². The van der Waals surface area contributed by atoms with E-state index in [2.05, 4.69) is 10.6 Å². The van der Waals surface area contributed by atoms with E-state index in [0.717, 1.165) is 13.1 Å². The molecule has 3 nitrogen and oxygen atoms in total. The summed E-state index contributed by atoms with van der Waals surface area (Å²) in [5, 5.41) is 6.08. The summed E-state index contributed by atoms with van der Waals surface area (Å²) in [5.41, 5.74) is 0. The van der Waals surface area contributed by atoms with Crippen molar-refractivity contribution in [2.45, 2.75) is 25.8 Å². The van der Waals surface area contributed by atoms with Crippen molar-refractivity contribution in [3.05, 3.63) is 0 Å². The van der Waals surface area contributed by atoms with Crippen LogP contribution in [0, 0.1) is 0 Å². The zero-order chi connectivity index (χ0) is 7.40. The molecule has 1 unspecified atom stereocenters. The van der Waals surface area contributed by atoms with Crippen LogP contribution in [0.3, 0.4) is 0 Å². The summed E-state index contributed by atoms with van der Waals surface area (Å²) in [7, 11) is 0. The van der Waals surface area contributed by atoms with Gasteiger partial charge < -0.3 is 10.6 Å². The van der Waals surface area contributed by atoms with Crippen molar-refractivity contribution < 1.29 is 4.79 Å². The Bertz CT molecular complexity index is 119. The lowest BCUT2D eigenvalue weighted by Crippen LogP contribution is -2.35. The van der Waals surface area contributed by atoms with Crippen LogP contribution in [0.25, 0.3) is 0 Å². The minimum atomic E-state index is 0.0636. The Morgan fingerprint density at radius 2 is 2.60 bits per heavy atom. The largest absolute Gasteiger partial charge is 0.355 e. The SMILES string of the molecule is CC(=O)NCC1CCCN1. The van der Waals surface area contributed by atoms with Crippen LogP contribution in [-0.4, -0.2) is 25.0 Å². The number of amides is 1. The second-order valence-corrected chi connectivity index (χ2v) is 2.73.